The number of fused-ring (bicyclic) bond motifs is 2. The summed E-state index contributed by atoms with van der Waals surface area (Å²) >= 11 is 0. The zero-order valence-corrected chi connectivity index (χ0v) is 38.2. The lowest BCUT2D eigenvalue weighted by Crippen LogP contribution is -2.21. The van der Waals surface area contributed by atoms with Gasteiger partial charge >= 0.3 is 6.03 Å². The number of nitrogens with zero attached hydrogens (tertiary/aromatic N) is 4. The van der Waals surface area contributed by atoms with E-state index >= 15 is 0 Å². The average molecular weight is 989 g/mol. The highest BCUT2D eigenvalue weighted by molar-refractivity contribution is 7.86. The Bertz CT molecular complexity index is 3290. The number of methoxy groups -OCH3 is 4. The molecule has 0 radical (unpaired) electrons. The Morgan fingerprint density at radius 2 is 0.773 bits per heavy atom. The van der Waals surface area contributed by atoms with Gasteiger partial charge < -0.3 is 29.6 Å². The van der Waals surface area contributed by atoms with Crippen LogP contribution in [0.15, 0.2) is 113 Å². The van der Waals surface area contributed by atoms with Gasteiger partial charge in [-0.05, 0) is 73.2 Å². The minimum absolute atomic E-state index is 0.00144. The Labute approximate surface area is 376 Å². The number of benzene rings is 6. The molecule has 0 saturated carbocycles. The molecule has 0 spiro atoms. The van der Waals surface area contributed by atoms with Gasteiger partial charge in [-0.3, -0.25) is 18.2 Å². The van der Waals surface area contributed by atoms with E-state index in [1.54, 1.807) is 13.8 Å². The molecule has 6 aromatic carbocycles. The van der Waals surface area contributed by atoms with Gasteiger partial charge in [0.2, 0.25) is 0 Å². The van der Waals surface area contributed by atoms with Gasteiger partial charge in [0.15, 0.2) is 11.5 Å². The van der Waals surface area contributed by atoms with Crippen LogP contribution in [0.2, 0.25) is 0 Å². The van der Waals surface area contributed by atoms with Crippen LogP contribution in [0.25, 0.3) is 21.5 Å². The summed E-state index contributed by atoms with van der Waals surface area (Å²) in [5.74, 6) is 0.0834. The summed E-state index contributed by atoms with van der Waals surface area (Å²) in [7, 11) is -13.9. The van der Waals surface area contributed by atoms with Gasteiger partial charge in [0.1, 0.15) is 22.9 Å². The van der Waals surface area contributed by atoms with Crippen molar-refractivity contribution in [1.82, 2.24) is 0 Å². The number of anilines is 2. The molecule has 0 aliphatic rings. The summed E-state index contributed by atoms with van der Waals surface area (Å²) < 4.78 is 156. The molecule has 6 aromatic rings. The lowest BCUT2D eigenvalue weighted by Gasteiger charge is -2.20. The van der Waals surface area contributed by atoms with E-state index in [0.717, 1.165) is 48.5 Å². The van der Waals surface area contributed by atoms with Crippen molar-refractivity contribution in [3.05, 3.63) is 83.9 Å². The van der Waals surface area contributed by atoms with Crippen molar-refractivity contribution >= 4 is 102 Å². The predicted octanol–water partition coefficient (Wildman–Crippen LogP) is 8.11. The Hall–Kier alpha value is -6.85. The molecule has 0 aliphatic heterocycles. The minimum Gasteiger partial charge on any atom is -0.494 e. The standard InChI is InChI=1S/C39H36N6O17S4/c1-19-29(42-44-31-15-25(65(53,54)55)13-21-11-23(63(47,48)49)7-9-27(21)31)17-33(59-3)35(37(19)61-5)40-39(46)41-36-34(60-4)18-30(20(2)38(36)62-6)43-45-32-16-26(66(56,57)58)14-22-12-24(64(50,51)52)8-10-28(22)32/h7-18H,1-6H3,(H2,40,41,46)(H,47,48,49)(H,50,51,52)(H,53,54,55)(H,56,57,58). The van der Waals surface area contributed by atoms with Gasteiger partial charge in [-0.1, -0.05) is 12.1 Å². The average Bonchev–Trinajstić information content (AvgIpc) is 3.24. The van der Waals surface area contributed by atoms with Gasteiger partial charge in [-0.15, -0.1) is 20.5 Å². The maximum Gasteiger partial charge on any atom is 0.324 e. The molecule has 0 heterocycles. The number of rotatable bonds is 14. The molecular formula is C39H36N6O17S4. The van der Waals surface area contributed by atoms with Crippen molar-refractivity contribution in [2.45, 2.75) is 33.4 Å². The molecule has 27 heteroatoms. The molecule has 23 nitrogen and oxygen atoms in total. The van der Waals surface area contributed by atoms with E-state index in [4.69, 9.17) is 18.9 Å². The van der Waals surface area contributed by atoms with Crippen LogP contribution < -0.4 is 29.6 Å². The molecule has 6 rings (SSSR count). The molecule has 0 fully saturated rings. The van der Waals surface area contributed by atoms with Gasteiger partial charge in [0, 0.05) is 34.0 Å². The molecule has 0 aromatic heterocycles. The zero-order chi connectivity index (χ0) is 48.7. The molecule has 0 unspecified atom stereocenters. The number of carbonyl (C=O) groups excluding carboxylic acids is 1. The Morgan fingerprint density at radius 3 is 1.08 bits per heavy atom. The summed E-state index contributed by atoms with van der Waals surface area (Å²) in [6, 6.07) is 12.5. The van der Waals surface area contributed by atoms with Crippen molar-refractivity contribution in [3.63, 3.8) is 0 Å². The normalized spacial score (nSPS) is 12.5. The fraction of sp³-hybridized carbons (Fsp3) is 0.154. The van der Waals surface area contributed by atoms with E-state index in [9.17, 15) is 56.7 Å². The predicted molar refractivity (Wildman–Crippen MR) is 237 cm³/mol. The van der Waals surface area contributed by atoms with Gasteiger partial charge in [0.05, 0.1) is 70.8 Å². The van der Waals surface area contributed by atoms with Crippen LogP contribution >= 0.6 is 0 Å². The quantitative estimate of drug-likeness (QED) is 0.0443. The third-order valence-corrected chi connectivity index (χ3v) is 13.1. The number of ether oxygens (including phenoxy) is 4. The van der Waals surface area contributed by atoms with Crippen LogP contribution in [0.3, 0.4) is 0 Å². The van der Waals surface area contributed by atoms with E-state index in [1.165, 1.54) is 52.7 Å². The third-order valence-electron chi connectivity index (χ3n) is 9.73. The molecule has 0 bridgehead atoms. The minimum atomic E-state index is -4.83. The van der Waals surface area contributed by atoms with Gasteiger partial charge in [0.25, 0.3) is 40.5 Å². The van der Waals surface area contributed by atoms with Crippen LogP contribution in [0, 0.1) is 13.8 Å². The molecule has 348 valence electrons. The maximum absolute atomic E-state index is 13.7. The first-order valence-corrected chi connectivity index (χ1v) is 24.0. The van der Waals surface area contributed by atoms with E-state index in [1.807, 2.05) is 0 Å². The zero-order valence-electron chi connectivity index (χ0n) is 34.9. The van der Waals surface area contributed by atoms with Crippen molar-refractivity contribution in [3.8, 4) is 23.0 Å². The van der Waals surface area contributed by atoms with Crippen molar-refractivity contribution in [1.29, 1.82) is 0 Å². The number of urea groups is 1. The molecule has 6 N–H and O–H groups in total. The summed E-state index contributed by atoms with van der Waals surface area (Å²) in [6.07, 6.45) is 0. The Balaban J connectivity index is 1.34. The van der Waals surface area contributed by atoms with Crippen LogP contribution in [0.1, 0.15) is 11.1 Å². The fourth-order valence-electron chi connectivity index (χ4n) is 6.58. The number of amides is 2. The molecule has 2 amide bonds. The van der Waals surface area contributed by atoms with E-state index in [2.05, 4.69) is 31.1 Å². The summed E-state index contributed by atoms with van der Waals surface area (Å²) in [4.78, 5) is 11.4. The van der Waals surface area contributed by atoms with E-state index < -0.39 is 66.1 Å². The highest BCUT2D eigenvalue weighted by Crippen LogP contribution is 2.46. The molecule has 66 heavy (non-hydrogen) atoms. The lowest BCUT2D eigenvalue weighted by molar-refractivity contribution is 0.261. The smallest absolute Gasteiger partial charge is 0.324 e. The second-order valence-corrected chi connectivity index (χ2v) is 19.5. The van der Waals surface area contributed by atoms with E-state index in [0.29, 0.717) is 0 Å². The largest absolute Gasteiger partial charge is 0.494 e. The van der Waals surface area contributed by atoms with E-state index in [-0.39, 0.29) is 89.8 Å². The monoisotopic (exact) mass is 988 g/mol. The van der Waals surface area contributed by atoms with Crippen LogP contribution in [0.4, 0.5) is 38.9 Å². The first-order valence-electron chi connectivity index (χ1n) is 18.3. The van der Waals surface area contributed by atoms with Crippen LogP contribution in [-0.2, 0) is 40.5 Å². The first-order chi connectivity index (χ1) is 30.8. The highest BCUT2D eigenvalue weighted by atomic mass is 32.2. The highest BCUT2D eigenvalue weighted by Gasteiger charge is 2.25. The third kappa shape index (κ3) is 10.2. The second-order valence-electron chi connectivity index (χ2n) is 13.8. The molecular weight excluding hydrogens is 953 g/mol. The van der Waals surface area contributed by atoms with Crippen molar-refractivity contribution < 1.29 is 75.6 Å². The number of azo groups is 2. The first kappa shape index (κ1) is 48.6. The lowest BCUT2D eigenvalue weighted by atomic mass is 10.1. The number of carbonyl (C=O) groups is 1. The SMILES string of the molecule is COc1cc(N=Nc2cc(S(=O)(=O)O)cc3cc(S(=O)(=O)O)ccc23)c(C)c(OC)c1NC(=O)Nc1c(OC)cc(N=Nc2cc(S(=O)(=O)O)cc3cc(S(=O)(=O)O)ccc23)c(C)c1OC. The van der Waals surface area contributed by atoms with Gasteiger partial charge in [-0.2, -0.15) is 33.7 Å². The number of hydrogen-bond acceptors (Lipinski definition) is 17. The topological polar surface area (TPSA) is 345 Å². The number of hydrogen-bond donors (Lipinski definition) is 6. The van der Waals surface area contributed by atoms with Crippen LogP contribution in [0.5, 0.6) is 23.0 Å². The Kier molecular flexibility index (Phi) is 13.4. The fourth-order valence-corrected chi connectivity index (χ4v) is 8.68. The summed E-state index contributed by atoms with van der Waals surface area (Å²) in [6.45, 7) is 3.12. The van der Waals surface area contributed by atoms with Crippen molar-refractivity contribution in [2.24, 2.45) is 20.5 Å². The van der Waals surface area contributed by atoms with Crippen molar-refractivity contribution in [2.75, 3.05) is 39.1 Å². The molecule has 0 saturated heterocycles. The Morgan fingerprint density at radius 1 is 0.455 bits per heavy atom. The van der Waals surface area contributed by atoms with Crippen LogP contribution in [-0.4, -0.2) is 86.4 Å². The number of nitrogens with one attached hydrogen (secondary N) is 2. The second kappa shape index (κ2) is 18.2. The maximum atomic E-state index is 13.7. The summed E-state index contributed by atoms with van der Waals surface area (Å²) in [5.41, 5.74) is 0.540. The summed E-state index contributed by atoms with van der Waals surface area (Å²) in [5, 5.41) is 22.5. The molecule has 0 aliphatic carbocycles. The van der Waals surface area contributed by atoms with Gasteiger partial charge in [-0.25, -0.2) is 4.79 Å². The molecule has 0 atom stereocenters.